The third-order valence-electron chi connectivity index (χ3n) is 3.14. The average Bonchev–Trinajstić information content (AvgIpc) is 2.75. The molecular weight excluding hydrogens is 238 g/mol. The molecule has 1 aromatic heterocycles. The standard InChI is InChI=1S/C15H21N3O/c1-3-7-14-17-12-8-5-6-9-13(12)18(14)11-10-15(19)16-4-2/h5-6,8-9H,3-4,7,10-11H2,1-2H3,(H,16,19). The summed E-state index contributed by atoms with van der Waals surface area (Å²) in [5.74, 6) is 1.18. The Morgan fingerprint density at radius 3 is 2.84 bits per heavy atom. The summed E-state index contributed by atoms with van der Waals surface area (Å²) in [7, 11) is 0. The number of carbonyl (C=O) groups excluding carboxylic acids is 1. The van der Waals surface area contributed by atoms with Crippen LogP contribution in [-0.4, -0.2) is 22.0 Å². The smallest absolute Gasteiger partial charge is 0.221 e. The zero-order valence-corrected chi connectivity index (χ0v) is 11.6. The molecule has 0 saturated carbocycles. The molecule has 0 unspecified atom stereocenters. The fourth-order valence-electron chi connectivity index (χ4n) is 2.29. The predicted molar refractivity (Wildman–Crippen MR) is 77.0 cm³/mol. The monoisotopic (exact) mass is 259 g/mol. The van der Waals surface area contributed by atoms with E-state index >= 15 is 0 Å². The van der Waals surface area contributed by atoms with Crippen LogP contribution in [0.1, 0.15) is 32.5 Å². The number of nitrogens with one attached hydrogen (secondary N) is 1. The van der Waals surface area contributed by atoms with Gasteiger partial charge in [-0.25, -0.2) is 4.98 Å². The molecule has 102 valence electrons. The first kappa shape index (κ1) is 13.6. The Morgan fingerprint density at radius 2 is 2.11 bits per heavy atom. The molecule has 19 heavy (non-hydrogen) atoms. The van der Waals surface area contributed by atoms with Gasteiger partial charge >= 0.3 is 0 Å². The number of aromatic nitrogens is 2. The van der Waals surface area contributed by atoms with Crippen molar-refractivity contribution >= 4 is 16.9 Å². The Morgan fingerprint density at radius 1 is 1.32 bits per heavy atom. The second kappa shape index (κ2) is 6.36. The summed E-state index contributed by atoms with van der Waals surface area (Å²) < 4.78 is 2.17. The molecule has 0 aliphatic heterocycles. The van der Waals surface area contributed by atoms with E-state index in [9.17, 15) is 4.79 Å². The number of hydrogen-bond acceptors (Lipinski definition) is 2. The van der Waals surface area contributed by atoms with Crippen molar-refractivity contribution in [2.24, 2.45) is 0 Å². The SMILES string of the molecule is CCCc1nc2ccccc2n1CCC(=O)NCC. The number of benzene rings is 1. The summed E-state index contributed by atoms with van der Waals surface area (Å²) in [5, 5.41) is 2.83. The summed E-state index contributed by atoms with van der Waals surface area (Å²) in [6, 6.07) is 8.11. The molecule has 0 saturated heterocycles. The van der Waals surface area contributed by atoms with Crippen LogP contribution in [-0.2, 0) is 17.8 Å². The quantitative estimate of drug-likeness (QED) is 0.866. The van der Waals surface area contributed by atoms with Crippen molar-refractivity contribution in [1.82, 2.24) is 14.9 Å². The highest BCUT2D eigenvalue weighted by Gasteiger charge is 2.10. The Hall–Kier alpha value is -1.84. The van der Waals surface area contributed by atoms with Crippen molar-refractivity contribution < 1.29 is 4.79 Å². The Labute approximate surface area is 113 Å². The number of amides is 1. The summed E-state index contributed by atoms with van der Waals surface area (Å²) in [5.41, 5.74) is 2.14. The van der Waals surface area contributed by atoms with E-state index in [0.717, 1.165) is 29.7 Å². The lowest BCUT2D eigenvalue weighted by Crippen LogP contribution is -2.24. The highest BCUT2D eigenvalue weighted by molar-refractivity contribution is 5.77. The normalized spacial score (nSPS) is 10.8. The molecule has 2 aromatic rings. The van der Waals surface area contributed by atoms with Crippen LogP contribution in [0.2, 0.25) is 0 Å². The molecule has 1 aromatic carbocycles. The number of nitrogens with zero attached hydrogens (tertiary/aromatic N) is 2. The predicted octanol–water partition coefficient (Wildman–Crippen LogP) is 2.52. The van der Waals surface area contributed by atoms with Crippen LogP contribution in [0, 0.1) is 0 Å². The van der Waals surface area contributed by atoms with Crippen LogP contribution < -0.4 is 5.32 Å². The molecule has 0 radical (unpaired) electrons. The van der Waals surface area contributed by atoms with E-state index < -0.39 is 0 Å². The second-order valence-electron chi connectivity index (χ2n) is 4.62. The van der Waals surface area contributed by atoms with Gasteiger partial charge in [-0.2, -0.15) is 0 Å². The second-order valence-corrected chi connectivity index (χ2v) is 4.62. The van der Waals surface area contributed by atoms with Gasteiger partial charge in [0.1, 0.15) is 5.82 Å². The number of rotatable bonds is 6. The topological polar surface area (TPSA) is 46.9 Å². The summed E-state index contributed by atoms with van der Waals surface area (Å²) in [6.45, 7) is 5.47. The molecule has 0 aliphatic carbocycles. The van der Waals surface area contributed by atoms with E-state index in [-0.39, 0.29) is 5.91 Å². The Balaban J connectivity index is 2.23. The van der Waals surface area contributed by atoms with Gasteiger partial charge < -0.3 is 9.88 Å². The van der Waals surface area contributed by atoms with Gasteiger partial charge in [-0.05, 0) is 25.5 Å². The van der Waals surface area contributed by atoms with Crippen molar-refractivity contribution in [3.05, 3.63) is 30.1 Å². The number of hydrogen-bond donors (Lipinski definition) is 1. The molecule has 4 nitrogen and oxygen atoms in total. The summed E-state index contributed by atoms with van der Waals surface area (Å²) in [6.07, 6.45) is 2.51. The molecule has 0 spiro atoms. The van der Waals surface area contributed by atoms with E-state index in [1.54, 1.807) is 0 Å². The lowest BCUT2D eigenvalue weighted by atomic mass is 10.3. The molecule has 0 bridgehead atoms. The van der Waals surface area contributed by atoms with E-state index in [2.05, 4.69) is 27.9 Å². The van der Waals surface area contributed by atoms with Crippen LogP contribution in [0.4, 0.5) is 0 Å². The third kappa shape index (κ3) is 3.13. The van der Waals surface area contributed by atoms with Crippen LogP contribution >= 0.6 is 0 Å². The fraction of sp³-hybridized carbons (Fsp3) is 0.467. The number of aryl methyl sites for hydroxylation is 2. The van der Waals surface area contributed by atoms with Gasteiger partial charge in [0.05, 0.1) is 11.0 Å². The number of fused-ring (bicyclic) bond motifs is 1. The molecule has 1 amide bonds. The van der Waals surface area contributed by atoms with E-state index in [4.69, 9.17) is 0 Å². The van der Waals surface area contributed by atoms with Gasteiger partial charge in [-0.3, -0.25) is 4.79 Å². The molecule has 1 heterocycles. The van der Waals surface area contributed by atoms with Gasteiger partial charge in [0.2, 0.25) is 5.91 Å². The maximum atomic E-state index is 11.6. The molecule has 0 atom stereocenters. The van der Waals surface area contributed by atoms with E-state index in [1.165, 1.54) is 0 Å². The third-order valence-corrected chi connectivity index (χ3v) is 3.14. The zero-order valence-electron chi connectivity index (χ0n) is 11.6. The van der Waals surface area contributed by atoms with Crippen molar-refractivity contribution in [2.45, 2.75) is 39.7 Å². The average molecular weight is 259 g/mol. The van der Waals surface area contributed by atoms with Crippen LogP contribution in [0.5, 0.6) is 0 Å². The maximum absolute atomic E-state index is 11.6. The van der Waals surface area contributed by atoms with E-state index in [0.29, 0.717) is 19.5 Å². The van der Waals surface area contributed by atoms with Crippen molar-refractivity contribution in [3.63, 3.8) is 0 Å². The van der Waals surface area contributed by atoms with Crippen LogP contribution in [0.25, 0.3) is 11.0 Å². The molecule has 0 fully saturated rings. The minimum absolute atomic E-state index is 0.0997. The molecule has 2 rings (SSSR count). The summed E-state index contributed by atoms with van der Waals surface area (Å²) >= 11 is 0. The molecule has 4 heteroatoms. The highest BCUT2D eigenvalue weighted by Crippen LogP contribution is 2.17. The first-order valence-electron chi connectivity index (χ1n) is 6.97. The van der Waals surface area contributed by atoms with Crippen molar-refractivity contribution in [2.75, 3.05) is 6.54 Å². The molecule has 1 N–H and O–H groups in total. The lowest BCUT2D eigenvalue weighted by molar-refractivity contribution is -0.121. The molecular formula is C15H21N3O. The van der Waals surface area contributed by atoms with Gasteiger partial charge in [-0.1, -0.05) is 19.1 Å². The molecule has 0 aliphatic rings. The number of imidazole rings is 1. The van der Waals surface area contributed by atoms with Gasteiger partial charge in [-0.15, -0.1) is 0 Å². The van der Waals surface area contributed by atoms with Crippen LogP contribution in [0.15, 0.2) is 24.3 Å². The minimum atomic E-state index is 0.0997. The largest absolute Gasteiger partial charge is 0.356 e. The van der Waals surface area contributed by atoms with Gasteiger partial charge in [0, 0.05) is 25.9 Å². The number of para-hydroxylation sites is 2. The highest BCUT2D eigenvalue weighted by atomic mass is 16.1. The number of carbonyl (C=O) groups is 1. The first-order valence-corrected chi connectivity index (χ1v) is 6.97. The van der Waals surface area contributed by atoms with Crippen molar-refractivity contribution in [1.29, 1.82) is 0 Å². The van der Waals surface area contributed by atoms with Gasteiger partial charge in [0.15, 0.2) is 0 Å². The maximum Gasteiger partial charge on any atom is 0.221 e. The minimum Gasteiger partial charge on any atom is -0.356 e. The lowest BCUT2D eigenvalue weighted by Gasteiger charge is -2.08. The van der Waals surface area contributed by atoms with Crippen molar-refractivity contribution in [3.8, 4) is 0 Å². The fourth-order valence-corrected chi connectivity index (χ4v) is 2.29. The Kier molecular flexibility index (Phi) is 4.55. The van der Waals surface area contributed by atoms with Crippen LogP contribution in [0.3, 0.4) is 0 Å². The van der Waals surface area contributed by atoms with Gasteiger partial charge in [0.25, 0.3) is 0 Å². The first-order chi connectivity index (χ1) is 9.26. The summed E-state index contributed by atoms with van der Waals surface area (Å²) in [4.78, 5) is 16.3. The Bertz CT molecular complexity index is 560. The zero-order chi connectivity index (χ0) is 13.7. The van der Waals surface area contributed by atoms with E-state index in [1.807, 2.05) is 25.1 Å².